The number of hydrogen-bond acceptors (Lipinski definition) is 10. The van der Waals surface area contributed by atoms with Gasteiger partial charge in [-0.1, -0.05) is 0 Å². The summed E-state index contributed by atoms with van der Waals surface area (Å²) in [6, 6.07) is -0.151. The lowest BCUT2D eigenvalue weighted by molar-refractivity contribution is -0.122. The molecule has 2 rings (SSSR count). The summed E-state index contributed by atoms with van der Waals surface area (Å²) in [6.07, 6.45) is 0.786. The fourth-order valence-electron chi connectivity index (χ4n) is 3.10. The van der Waals surface area contributed by atoms with Crippen LogP contribution in [0.2, 0.25) is 0 Å². The van der Waals surface area contributed by atoms with Gasteiger partial charge in [0.2, 0.25) is 17.8 Å². The first kappa shape index (κ1) is 29.9. The highest BCUT2D eigenvalue weighted by atomic mass is 32.2. The summed E-state index contributed by atoms with van der Waals surface area (Å²) in [4.78, 5) is 72.5. The number of nitrogens with one attached hydrogen (secondary N) is 7. The summed E-state index contributed by atoms with van der Waals surface area (Å²) in [5.74, 6) is -1.74. The average molecular weight is 555 g/mol. The molecule has 0 aliphatic carbocycles. The molecule has 38 heavy (non-hydrogen) atoms. The van der Waals surface area contributed by atoms with Crippen LogP contribution in [0.25, 0.3) is 0 Å². The first-order chi connectivity index (χ1) is 17.8. The summed E-state index contributed by atoms with van der Waals surface area (Å²) in [6.45, 7) is 2.86. The van der Waals surface area contributed by atoms with Crippen LogP contribution < -0.4 is 37.7 Å². The molecule has 1 atom stereocenters. The van der Waals surface area contributed by atoms with E-state index in [4.69, 9.17) is 0 Å². The number of H-pyrrole nitrogens is 2. The topological polar surface area (TPSA) is 260 Å². The highest BCUT2D eigenvalue weighted by Crippen LogP contribution is 2.03. The van der Waals surface area contributed by atoms with Crippen LogP contribution in [0, 0.1) is 13.8 Å². The molecular weight excluding hydrogens is 526 g/mol. The van der Waals surface area contributed by atoms with Crippen molar-refractivity contribution in [3.8, 4) is 0 Å². The Labute approximate surface area is 216 Å². The molecule has 0 aliphatic rings. The van der Waals surface area contributed by atoms with Crippen molar-refractivity contribution in [3.63, 3.8) is 0 Å². The minimum atomic E-state index is -4.55. The lowest BCUT2D eigenvalue weighted by Crippen LogP contribution is -2.49. The molecule has 2 aromatic rings. The summed E-state index contributed by atoms with van der Waals surface area (Å²) in [5.41, 5.74) is -0.159. The van der Waals surface area contributed by atoms with E-state index in [2.05, 4.69) is 46.5 Å². The minimum Gasteiger partial charge on any atom is -0.748 e. The van der Waals surface area contributed by atoms with Crippen LogP contribution in [-0.2, 0) is 14.9 Å². The molecule has 2 aromatic heterocycles. The molecule has 0 radical (unpaired) electrons. The van der Waals surface area contributed by atoms with Gasteiger partial charge in [0.1, 0.15) is 6.04 Å². The molecule has 0 fully saturated rings. The largest absolute Gasteiger partial charge is 0.748 e. The van der Waals surface area contributed by atoms with Gasteiger partial charge < -0.3 is 20.5 Å². The second kappa shape index (κ2) is 13.8. The van der Waals surface area contributed by atoms with Crippen LogP contribution >= 0.6 is 0 Å². The van der Waals surface area contributed by atoms with Crippen LogP contribution in [0.4, 0.5) is 21.5 Å². The second-order valence-corrected chi connectivity index (χ2v) is 9.57. The maximum Gasteiger partial charge on any atom is 0.322 e. The Hall–Kier alpha value is -4.32. The van der Waals surface area contributed by atoms with Gasteiger partial charge in [-0.25, -0.2) is 28.0 Å². The van der Waals surface area contributed by atoms with Gasteiger partial charge in [0.15, 0.2) is 0 Å². The molecule has 0 saturated heterocycles. The quantitative estimate of drug-likeness (QED) is 0.119. The van der Waals surface area contributed by atoms with Crippen LogP contribution in [0.15, 0.2) is 21.7 Å². The second-order valence-electron chi connectivity index (χ2n) is 8.05. The van der Waals surface area contributed by atoms with Gasteiger partial charge in [-0.05, 0) is 33.1 Å². The number of amides is 5. The van der Waals surface area contributed by atoms with E-state index in [9.17, 15) is 36.9 Å². The van der Waals surface area contributed by atoms with Crippen molar-refractivity contribution in [1.82, 2.24) is 35.9 Å². The molecule has 0 spiro atoms. The van der Waals surface area contributed by atoms with Crippen molar-refractivity contribution in [2.24, 2.45) is 0 Å². The summed E-state index contributed by atoms with van der Waals surface area (Å²) in [7, 11) is -4.55. The van der Waals surface area contributed by atoms with E-state index in [1.807, 2.05) is 0 Å². The third kappa shape index (κ3) is 11.6. The van der Waals surface area contributed by atoms with Crippen LogP contribution in [0.5, 0.6) is 0 Å². The van der Waals surface area contributed by atoms with Crippen LogP contribution in [-0.4, -0.2) is 75.8 Å². The Balaban J connectivity index is 1.89. The highest BCUT2D eigenvalue weighted by Gasteiger charge is 2.21. The van der Waals surface area contributed by atoms with E-state index in [0.29, 0.717) is 24.2 Å². The van der Waals surface area contributed by atoms with E-state index in [-0.39, 0.29) is 24.9 Å². The maximum absolute atomic E-state index is 12.5. The number of aryl methyl sites for hydroxylation is 2. The van der Waals surface area contributed by atoms with E-state index < -0.39 is 57.5 Å². The fraction of sp³-hybridized carbons (Fsp3) is 0.450. The Bertz CT molecular complexity index is 1370. The number of anilines is 2. The van der Waals surface area contributed by atoms with Gasteiger partial charge in [-0.2, -0.15) is 0 Å². The standard InChI is InChI=1S/C20H29N9O8S/c1-11-9-14(30)26-17(23-11)28-19(33)22-6-4-3-5-13(16(32)21-7-8-38(35,36)37)25-20(34)29-18-24-12(2)10-15(31)27-18/h9-10,13H,3-8H2,1-2H3,(H,21,32)(H,35,36,37)(H3,22,23,26,28,30,33)(H3,24,25,27,29,31,34)/p-1. The number of aromatic nitrogens is 4. The molecule has 2 heterocycles. The number of carbonyl (C=O) groups is 3. The van der Waals surface area contributed by atoms with Gasteiger partial charge in [0.05, 0.1) is 15.9 Å². The van der Waals surface area contributed by atoms with Gasteiger partial charge in [0.25, 0.3) is 11.1 Å². The SMILES string of the molecule is Cc1cc(=O)[nH]c(NC(=O)NCCCCC(NC(=O)Nc2nc(C)cc(=O)[nH]2)C(=O)NCCS(=O)(=O)[O-])n1. The van der Waals surface area contributed by atoms with Gasteiger partial charge >= 0.3 is 12.1 Å². The Morgan fingerprint density at radius 3 is 1.97 bits per heavy atom. The lowest BCUT2D eigenvalue weighted by atomic mass is 10.1. The Morgan fingerprint density at radius 1 is 0.895 bits per heavy atom. The average Bonchev–Trinajstić information content (AvgIpc) is 2.75. The minimum absolute atomic E-state index is 0.0241. The number of urea groups is 2. The zero-order valence-corrected chi connectivity index (χ0v) is 21.4. The van der Waals surface area contributed by atoms with Crippen LogP contribution in [0.1, 0.15) is 30.7 Å². The van der Waals surface area contributed by atoms with Crippen LogP contribution in [0.3, 0.4) is 0 Å². The van der Waals surface area contributed by atoms with E-state index >= 15 is 0 Å². The van der Waals surface area contributed by atoms with E-state index in [1.165, 1.54) is 12.1 Å². The first-order valence-corrected chi connectivity index (χ1v) is 12.9. The molecule has 5 amide bonds. The van der Waals surface area contributed by atoms with E-state index in [0.717, 1.165) is 0 Å². The maximum atomic E-state index is 12.5. The molecule has 0 aliphatic heterocycles. The summed E-state index contributed by atoms with van der Waals surface area (Å²) < 4.78 is 32.3. The molecule has 18 heteroatoms. The fourth-order valence-corrected chi connectivity index (χ4v) is 3.45. The predicted octanol–water partition coefficient (Wildman–Crippen LogP) is -1.39. The Kier molecular flexibility index (Phi) is 10.9. The van der Waals surface area contributed by atoms with Crippen molar-refractivity contribution >= 4 is 40.0 Å². The van der Waals surface area contributed by atoms with E-state index in [1.54, 1.807) is 13.8 Å². The highest BCUT2D eigenvalue weighted by molar-refractivity contribution is 7.85. The predicted molar refractivity (Wildman–Crippen MR) is 134 cm³/mol. The molecule has 0 bridgehead atoms. The van der Waals surface area contributed by atoms with Crippen molar-refractivity contribution in [2.45, 2.75) is 39.2 Å². The van der Waals surface area contributed by atoms with Crippen molar-refractivity contribution < 1.29 is 27.4 Å². The normalized spacial score (nSPS) is 11.8. The number of rotatable bonds is 12. The molecule has 0 aromatic carbocycles. The van der Waals surface area contributed by atoms with Crippen molar-refractivity contribution in [2.75, 3.05) is 29.5 Å². The Morgan fingerprint density at radius 2 is 1.45 bits per heavy atom. The monoisotopic (exact) mass is 554 g/mol. The van der Waals surface area contributed by atoms with Gasteiger partial charge in [0, 0.05) is 36.6 Å². The first-order valence-electron chi connectivity index (χ1n) is 11.3. The third-order valence-corrected chi connectivity index (χ3v) is 5.39. The molecular formula is C20H28N9O8S-. The molecule has 17 nitrogen and oxygen atoms in total. The zero-order chi connectivity index (χ0) is 28.3. The van der Waals surface area contributed by atoms with Gasteiger partial charge in [-0.3, -0.25) is 35.0 Å². The van der Waals surface area contributed by atoms with Gasteiger partial charge in [-0.15, -0.1) is 0 Å². The number of hydrogen-bond donors (Lipinski definition) is 7. The van der Waals surface area contributed by atoms with Crippen molar-refractivity contribution in [3.05, 3.63) is 44.2 Å². The smallest absolute Gasteiger partial charge is 0.322 e. The number of carbonyl (C=O) groups excluding carboxylic acids is 3. The number of nitrogens with zero attached hydrogens (tertiary/aromatic N) is 2. The number of unbranched alkanes of at least 4 members (excludes halogenated alkanes) is 1. The molecule has 208 valence electrons. The molecule has 0 saturated carbocycles. The summed E-state index contributed by atoms with van der Waals surface area (Å²) in [5, 5.41) is 11.9. The molecule has 1 unspecified atom stereocenters. The van der Waals surface area contributed by atoms with Crippen molar-refractivity contribution in [1.29, 1.82) is 0 Å². The number of aromatic amines is 2. The third-order valence-electron chi connectivity index (χ3n) is 4.68. The summed E-state index contributed by atoms with van der Waals surface area (Å²) >= 11 is 0. The zero-order valence-electron chi connectivity index (χ0n) is 20.5. The molecule has 7 N–H and O–H groups in total. The lowest BCUT2D eigenvalue weighted by Gasteiger charge is -2.19.